The Balaban J connectivity index is 0.00000264. The van der Waals surface area contributed by atoms with Gasteiger partial charge in [0.1, 0.15) is 9.84 Å². The number of anilines is 1. The molecule has 1 aliphatic rings. The maximum atomic E-state index is 11.4. The van der Waals surface area contributed by atoms with Crippen molar-refractivity contribution in [3.05, 3.63) is 29.8 Å². The van der Waals surface area contributed by atoms with Gasteiger partial charge in [-0.3, -0.25) is 4.99 Å². The summed E-state index contributed by atoms with van der Waals surface area (Å²) >= 11 is 0. The predicted molar refractivity (Wildman–Crippen MR) is 107 cm³/mol. The highest BCUT2D eigenvalue weighted by Gasteiger charge is 2.45. The topological polar surface area (TPSA) is 84.5 Å². The van der Waals surface area contributed by atoms with E-state index in [0.29, 0.717) is 18.4 Å². The maximum Gasteiger partial charge on any atom is 0.193 e. The second-order valence-corrected chi connectivity index (χ2v) is 8.82. The number of nitrogens with two attached hydrogens (primary N) is 1. The highest BCUT2D eigenvalue weighted by Crippen LogP contribution is 2.46. The van der Waals surface area contributed by atoms with E-state index in [0.717, 1.165) is 18.5 Å². The first-order valence-electron chi connectivity index (χ1n) is 7.54. The van der Waals surface area contributed by atoms with E-state index in [4.69, 9.17) is 5.73 Å². The van der Waals surface area contributed by atoms with Crippen molar-refractivity contribution >= 4 is 45.5 Å². The number of sulfone groups is 1. The normalized spacial score (nSPS) is 16.8. The second-order valence-electron chi connectivity index (χ2n) is 6.68. The minimum absolute atomic E-state index is 0. The lowest BCUT2D eigenvalue weighted by atomic mass is 10.0. The lowest BCUT2D eigenvalue weighted by Crippen LogP contribution is -2.26. The Morgan fingerprint density at radius 1 is 1.39 bits per heavy atom. The van der Waals surface area contributed by atoms with Crippen LogP contribution in [-0.4, -0.2) is 32.9 Å². The quantitative estimate of drug-likeness (QED) is 0.396. The van der Waals surface area contributed by atoms with Crippen LogP contribution in [0.25, 0.3) is 0 Å². The van der Waals surface area contributed by atoms with Gasteiger partial charge in [0.05, 0.1) is 5.75 Å². The van der Waals surface area contributed by atoms with E-state index in [1.54, 1.807) is 0 Å². The third-order valence-corrected chi connectivity index (χ3v) is 5.07. The minimum Gasteiger partial charge on any atom is -0.370 e. The Morgan fingerprint density at radius 3 is 2.57 bits per heavy atom. The van der Waals surface area contributed by atoms with Crippen LogP contribution in [0.4, 0.5) is 5.69 Å². The van der Waals surface area contributed by atoms with Crippen molar-refractivity contribution in [2.45, 2.75) is 32.6 Å². The Morgan fingerprint density at radius 2 is 2.04 bits per heavy atom. The van der Waals surface area contributed by atoms with E-state index in [9.17, 15) is 8.42 Å². The summed E-state index contributed by atoms with van der Waals surface area (Å²) in [7, 11) is -2.97. The third-order valence-electron chi connectivity index (χ3n) is 3.94. The van der Waals surface area contributed by atoms with Crippen molar-refractivity contribution < 1.29 is 8.42 Å². The first-order chi connectivity index (χ1) is 10.2. The van der Waals surface area contributed by atoms with Crippen LogP contribution in [0.3, 0.4) is 0 Å². The van der Waals surface area contributed by atoms with Gasteiger partial charge in [0.25, 0.3) is 0 Å². The molecule has 0 atom stereocenters. The second kappa shape index (κ2) is 7.83. The van der Waals surface area contributed by atoms with Gasteiger partial charge in [-0.2, -0.15) is 0 Å². The summed E-state index contributed by atoms with van der Waals surface area (Å²) in [5.74, 6) is 0.977. The van der Waals surface area contributed by atoms with E-state index in [1.165, 1.54) is 11.8 Å². The highest BCUT2D eigenvalue weighted by atomic mass is 127. The smallest absolute Gasteiger partial charge is 0.193 e. The molecule has 130 valence electrons. The fraction of sp³-hybridized carbons (Fsp3) is 0.562. The van der Waals surface area contributed by atoms with Crippen LogP contribution in [0.1, 0.15) is 38.2 Å². The largest absolute Gasteiger partial charge is 0.370 e. The number of hydrogen-bond donors (Lipinski definition) is 2. The number of halogens is 1. The van der Waals surface area contributed by atoms with Gasteiger partial charge in [-0.1, -0.05) is 26.0 Å². The van der Waals surface area contributed by atoms with Gasteiger partial charge in [-0.25, -0.2) is 8.42 Å². The summed E-state index contributed by atoms with van der Waals surface area (Å²) in [5, 5.41) is 3.08. The van der Waals surface area contributed by atoms with Gasteiger partial charge in [0.15, 0.2) is 5.96 Å². The van der Waals surface area contributed by atoms with E-state index in [-0.39, 0.29) is 35.1 Å². The molecule has 1 aromatic carbocycles. The summed E-state index contributed by atoms with van der Waals surface area (Å²) in [5.41, 5.74) is 7.86. The van der Waals surface area contributed by atoms with Crippen molar-refractivity contribution in [1.82, 2.24) is 0 Å². The summed E-state index contributed by atoms with van der Waals surface area (Å²) in [6, 6.07) is 8.06. The van der Waals surface area contributed by atoms with Crippen molar-refractivity contribution in [1.29, 1.82) is 0 Å². The number of nitrogens with zero attached hydrogens (tertiary/aromatic N) is 1. The van der Waals surface area contributed by atoms with Crippen LogP contribution in [0.15, 0.2) is 29.3 Å². The first kappa shape index (κ1) is 20.2. The Bertz CT molecular complexity index is 668. The molecule has 1 aromatic rings. The molecule has 1 aliphatic carbocycles. The fourth-order valence-corrected chi connectivity index (χ4v) is 3.99. The molecular weight excluding hydrogens is 425 g/mol. The minimum atomic E-state index is -2.97. The van der Waals surface area contributed by atoms with Crippen LogP contribution >= 0.6 is 24.0 Å². The van der Waals surface area contributed by atoms with Gasteiger partial charge < -0.3 is 11.1 Å². The van der Waals surface area contributed by atoms with Gasteiger partial charge >= 0.3 is 0 Å². The summed E-state index contributed by atoms with van der Waals surface area (Å²) in [6.07, 6.45) is 3.08. The monoisotopic (exact) mass is 451 g/mol. The van der Waals surface area contributed by atoms with Gasteiger partial charge in [0, 0.05) is 23.9 Å². The number of nitrogens with one attached hydrogen (secondary N) is 1. The zero-order valence-electron chi connectivity index (χ0n) is 13.9. The molecule has 0 spiro atoms. The van der Waals surface area contributed by atoms with E-state index >= 15 is 0 Å². The molecular formula is C16H26IN3O2S. The molecule has 1 saturated carbocycles. The number of hydrogen-bond acceptors (Lipinski definition) is 3. The molecule has 0 aliphatic heterocycles. The summed E-state index contributed by atoms with van der Waals surface area (Å²) in [4.78, 5) is 4.33. The molecule has 23 heavy (non-hydrogen) atoms. The predicted octanol–water partition coefficient (Wildman–Crippen LogP) is 2.98. The van der Waals surface area contributed by atoms with Crippen molar-refractivity contribution in [2.75, 3.05) is 23.9 Å². The molecule has 0 radical (unpaired) electrons. The molecule has 2 rings (SSSR count). The molecule has 1 fully saturated rings. The molecule has 7 heteroatoms. The average molecular weight is 451 g/mol. The van der Waals surface area contributed by atoms with E-state index < -0.39 is 9.84 Å². The molecule has 0 heterocycles. The van der Waals surface area contributed by atoms with Crippen LogP contribution in [-0.2, 0) is 9.84 Å². The molecule has 5 nitrogen and oxygen atoms in total. The SMILES string of the molecule is CC(C)c1cccc(NC(N)=NCC2(CS(C)(=O)=O)CC2)c1.I. The zero-order chi connectivity index (χ0) is 16.4. The Kier molecular flexibility index (Phi) is 6.88. The van der Waals surface area contributed by atoms with E-state index in [2.05, 4.69) is 36.3 Å². The number of benzene rings is 1. The first-order valence-corrected chi connectivity index (χ1v) is 9.60. The lowest BCUT2D eigenvalue weighted by Gasteiger charge is -2.13. The van der Waals surface area contributed by atoms with Crippen LogP contribution < -0.4 is 11.1 Å². The molecule has 3 N–H and O–H groups in total. The number of aliphatic imine (C=N–C) groups is 1. The van der Waals surface area contributed by atoms with Crippen molar-refractivity contribution in [3.63, 3.8) is 0 Å². The lowest BCUT2D eigenvalue weighted by molar-refractivity contribution is 0.552. The highest BCUT2D eigenvalue weighted by molar-refractivity contribution is 14.0. The Labute approximate surface area is 156 Å². The number of rotatable bonds is 6. The van der Waals surface area contributed by atoms with Gasteiger partial charge in [0.2, 0.25) is 0 Å². The number of guanidine groups is 1. The van der Waals surface area contributed by atoms with Crippen LogP contribution in [0.5, 0.6) is 0 Å². The Hall–Kier alpha value is -0.830. The fourth-order valence-electron chi connectivity index (χ4n) is 2.50. The summed E-state index contributed by atoms with van der Waals surface area (Å²) < 4.78 is 22.9. The molecule has 0 unspecified atom stereocenters. The van der Waals surface area contributed by atoms with E-state index in [1.807, 2.05) is 12.1 Å². The maximum absolute atomic E-state index is 11.4. The average Bonchev–Trinajstić information content (AvgIpc) is 3.14. The summed E-state index contributed by atoms with van der Waals surface area (Å²) in [6.45, 7) is 4.74. The van der Waals surface area contributed by atoms with Crippen molar-refractivity contribution in [2.24, 2.45) is 16.1 Å². The van der Waals surface area contributed by atoms with Crippen LogP contribution in [0, 0.1) is 5.41 Å². The van der Waals surface area contributed by atoms with Crippen molar-refractivity contribution in [3.8, 4) is 0 Å². The zero-order valence-corrected chi connectivity index (χ0v) is 17.0. The molecule has 0 amide bonds. The van der Waals surface area contributed by atoms with Gasteiger partial charge in [-0.15, -0.1) is 24.0 Å². The standard InChI is InChI=1S/C16H25N3O2S.HI/c1-12(2)13-5-4-6-14(9-13)19-15(17)18-10-16(7-8-16)11-22(3,20)21;/h4-6,9,12H,7-8,10-11H2,1-3H3,(H3,17,18,19);1H. The molecule has 0 aromatic heterocycles. The molecule has 0 saturated heterocycles. The van der Waals surface area contributed by atoms with Crippen LogP contribution in [0.2, 0.25) is 0 Å². The molecule has 0 bridgehead atoms. The van der Waals surface area contributed by atoms with Gasteiger partial charge in [-0.05, 0) is 36.5 Å². The third kappa shape index (κ3) is 6.66.